The zero-order chi connectivity index (χ0) is 14.3. The van der Waals surface area contributed by atoms with Crippen LogP contribution in [0.4, 0.5) is 10.1 Å². The van der Waals surface area contributed by atoms with Gasteiger partial charge in [0.2, 0.25) is 0 Å². The van der Waals surface area contributed by atoms with Crippen molar-refractivity contribution in [2.75, 3.05) is 5.32 Å². The molecule has 2 aromatic rings. The number of hydrogen-bond donors (Lipinski definition) is 1. The van der Waals surface area contributed by atoms with E-state index >= 15 is 0 Å². The molecule has 4 heteroatoms. The van der Waals surface area contributed by atoms with Gasteiger partial charge in [0.15, 0.2) is 0 Å². The number of nitrogens with one attached hydrogen (secondary N) is 1. The molecule has 0 saturated carbocycles. The van der Waals surface area contributed by atoms with E-state index in [4.69, 9.17) is 16.3 Å². The smallest absolute Gasteiger partial charge is 0.147 e. The number of anilines is 1. The maximum absolute atomic E-state index is 13.9. The van der Waals surface area contributed by atoms with E-state index in [-0.39, 0.29) is 11.9 Å². The summed E-state index contributed by atoms with van der Waals surface area (Å²) in [6, 6.07) is 12.3. The van der Waals surface area contributed by atoms with Crippen LogP contribution in [0.5, 0.6) is 5.75 Å². The second-order valence-electron chi connectivity index (χ2n) is 5.44. The van der Waals surface area contributed by atoms with Crippen LogP contribution in [-0.2, 0) is 0 Å². The van der Waals surface area contributed by atoms with Crippen molar-refractivity contribution < 1.29 is 9.13 Å². The molecule has 104 valence electrons. The summed E-state index contributed by atoms with van der Waals surface area (Å²) in [5, 5.41) is 3.61. The van der Waals surface area contributed by atoms with Crippen LogP contribution in [0.2, 0.25) is 5.02 Å². The van der Waals surface area contributed by atoms with Crippen LogP contribution in [0.15, 0.2) is 42.5 Å². The first-order valence-electron chi connectivity index (χ1n) is 6.47. The highest BCUT2D eigenvalue weighted by Gasteiger charge is 2.41. The number of halogens is 2. The van der Waals surface area contributed by atoms with E-state index in [0.29, 0.717) is 10.7 Å². The van der Waals surface area contributed by atoms with Crippen molar-refractivity contribution >= 4 is 17.3 Å². The summed E-state index contributed by atoms with van der Waals surface area (Å²) in [5.41, 5.74) is 1.01. The second kappa shape index (κ2) is 4.67. The Morgan fingerprint density at radius 2 is 1.95 bits per heavy atom. The zero-order valence-electron chi connectivity index (χ0n) is 11.3. The number of para-hydroxylation sites is 1. The predicted octanol–water partition coefficient (Wildman–Crippen LogP) is 4.80. The van der Waals surface area contributed by atoms with Gasteiger partial charge < -0.3 is 10.1 Å². The molecule has 2 aromatic carbocycles. The number of fused-ring (bicyclic) bond motifs is 1. The summed E-state index contributed by atoms with van der Waals surface area (Å²) in [5.74, 6) is 0.474. The Kier molecular flexibility index (Phi) is 3.09. The summed E-state index contributed by atoms with van der Waals surface area (Å²) < 4.78 is 19.9. The molecule has 1 atom stereocenters. The Morgan fingerprint density at radius 1 is 1.20 bits per heavy atom. The first-order valence-corrected chi connectivity index (χ1v) is 6.85. The summed E-state index contributed by atoms with van der Waals surface area (Å²) in [4.78, 5) is 0. The van der Waals surface area contributed by atoms with E-state index in [1.54, 1.807) is 12.1 Å². The van der Waals surface area contributed by atoms with Crippen LogP contribution >= 0.6 is 11.6 Å². The number of rotatable bonds is 2. The molecule has 0 aromatic heterocycles. The van der Waals surface area contributed by atoms with E-state index < -0.39 is 5.60 Å². The SMILES string of the molecule is CC1(C)Oc2ccccc2C1Nc1ccc(Cl)cc1F. The largest absolute Gasteiger partial charge is 0.485 e. The molecule has 1 unspecified atom stereocenters. The molecule has 1 aliphatic heterocycles. The molecule has 1 N–H and O–H groups in total. The summed E-state index contributed by atoms with van der Waals surface area (Å²) in [7, 11) is 0. The Hall–Kier alpha value is -1.74. The normalized spacial score (nSPS) is 19.3. The highest BCUT2D eigenvalue weighted by Crippen LogP contribution is 2.44. The third-order valence-corrected chi connectivity index (χ3v) is 3.76. The molecule has 0 aliphatic carbocycles. The van der Waals surface area contributed by atoms with Crippen molar-refractivity contribution in [2.45, 2.75) is 25.5 Å². The monoisotopic (exact) mass is 291 g/mol. The Bertz CT molecular complexity index is 657. The van der Waals surface area contributed by atoms with Crippen LogP contribution in [0, 0.1) is 5.82 Å². The maximum atomic E-state index is 13.9. The second-order valence-corrected chi connectivity index (χ2v) is 5.88. The van der Waals surface area contributed by atoms with Gasteiger partial charge in [0.1, 0.15) is 17.2 Å². The molecule has 2 nitrogen and oxygen atoms in total. The highest BCUT2D eigenvalue weighted by molar-refractivity contribution is 6.30. The molecule has 0 amide bonds. The van der Waals surface area contributed by atoms with E-state index in [9.17, 15) is 4.39 Å². The average molecular weight is 292 g/mol. The van der Waals surface area contributed by atoms with Crippen molar-refractivity contribution in [1.82, 2.24) is 0 Å². The van der Waals surface area contributed by atoms with Gasteiger partial charge >= 0.3 is 0 Å². The molecule has 0 fully saturated rings. The maximum Gasteiger partial charge on any atom is 0.147 e. The van der Waals surface area contributed by atoms with Crippen molar-refractivity contribution in [3.05, 3.63) is 58.9 Å². The van der Waals surface area contributed by atoms with Crippen LogP contribution in [0.25, 0.3) is 0 Å². The van der Waals surface area contributed by atoms with Crippen LogP contribution < -0.4 is 10.1 Å². The fourth-order valence-corrected chi connectivity index (χ4v) is 2.70. The molecule has 1 aliphatic rings. The van der Waals surface area contributed by atoms with E-state index in [2.05, 4.69) is 5.32 Å². The number of benzene rings is 2. The standard InChI is InChI=1S/C16H15ClFNO/c1-16(2)15(11-5-3-4-6-14(11)20-16)19-13-8-7-10(17)9-12(13)18/h3-9,15,19H,1-2H3. The van der Waals surface area contributed by atoms with Crippen molar-refractivity contribution in [3.63, 3.8) is 0 Å². The minimum atomic E-state index is -0.449. The van der Waals surface area contributed by atoms with Crippen LogP contribution in [-0.4, -0.2) is 5.60 Å². The molecule has 0 bridgehead atoms. The van der Waals surface area contributed by atoms with Gasteiger partial charge in [0.05, 0.1) is 11.7 Å². The summed E-state index contributed by atoms with van der Waals surface area (Å²) in [6.45, 7) is 3.97. The summed E-state index contributed by atoms with van der Waals surface area (Å²) >= 11 is 5.78. The predicted molar refractivity (Wildman–Crippen MR) is 78.9 cm³/mol. The van der Waals surface area contributed by atoms with Gasteiger partial charge in [-0.05, 0) is 38.1 Å². The lowest BCUT2D eigenvalue weighted by Gasteiger charge is -2.28. The zero-order valence-corrected chi connectivity index (χ0v) is 12.0. The molecule has 1 heterocycles. The lowest BCUT2D eigenvalue weighted by Crippen LogP contribution is -2.34. The van der Waals surface area contributed by atoms with Crippen molar-refractivity contribution in [3.8, 4) is 5.75 Å². The summed E-state index contributed by atoms with van der Waals surface area (Å²) in [6.07, 6.45) is 0. The Morgan fingerprint density at radius 3 is 2.70 bits per heavy atom. The number of ether oxygens (including phenoxy) is 1. The van der Waals surface area contributed by atoms with Crippen molar-refractivity contribution in [1.29, 1.82) is 0 Å². The van der Waals surface area contributed by atoms with Gasteiger partial charge in [-0.1, -0.05) is 29.8 Å². The molecular formula is C16H15ClFNO. The lowest BCUT2D eigenvalue weighted by molar-refractivity contribution is 0.118. The van der Waals surface area contributed by atoms with Gasteiger partial charge in [0, 0.05) is 10.6 Å². The van der Waals surface area contributed by atoms with Gasteiger partial charge in [0.25, 0.3) is 0 Å². The van der Waals surface area contributed by atoms with Gasteiger partial charge in [-0.25, -0.2) is 4.39 Å². The molecule has 0 spiro atoms. The molecule has 20 heavy (non-hydrogen) atoms. The van der Waals surface area contributed by atoms with E-state index in [1.165, 1.54) is 6.07 Å². The number of hydrogen-bond acceptors (Lipinski definition) is 2. The molecule has 3 rings (SSSR count). The first kappa shape index (κ1) is 13.3. The van der Waals surface area contributed by atoms with Crippen LogP contribution in [0.1, 0.15) is 25.5 Å². The van der Waals surface area contributed by atoms with Crippen LogP contribution in [0.3, 0.4) is 0 Å². The van der Waals surface area contributed by atoms with Gasteiger partial charge in [-0.15, -0.1) is 0 Å². The highest BCUT2D eigenvalue weighted by atomic mass is 35.5. The fraction of sp³-hybridized carbons (Fsp3) is 0.250. The topological polar surface area (TPSA) is 21.3 Å². The first-order chi connectivity index (χ1) is 9.47. The Labute approximate surface area is 122 Å². The van der Waals surface area contributed by atoms with Gasteiger partial charge in [-0.3, -0.25) is 0 Å². The average Bonchev–Trinajstić information content (AvgIpc) is 2.63. The minimum absolute atomic E-state index is 0.116. The minimum Gasteiger partial charge on any atom is -0.485 e. The Balaban J connectivity index is 1.97. The lowest BCUT2D eigenvalue weighted by atomic mass is 9.94. The molecule has 0 radical (unpaired) electrons. The van der Waals surface area contributed by atoms with Crippen molar-refractivity contribution in [2.24, 2.45) is 0 Å². The third-order valence-electron chi connectivity index (χ3n) is 3.53. The van der Waals surface area contributed by atoms with Gasteiger partial charge in [-0.2, -0.15) is 0 Å². The molecular weight excluding hydrogens is 277 g/mol. The van der Waals surface area contributed by atoms with E-state index in [1.807, 2.05) is 38.1 Å². The quantitative estimate of drug-likeness (QED) is 0.858. The third kappa shape index (κ3) is 2.22. The fourth-order valence-electron chi connectivity index (χ4n) is 2.54. The molecule has 0 saturated heterocycles. The van der Waals surface area contributed by atoms with E-state index in [0.717, 1.165) is 11.3 Å².